The number of carbonyl (C=O) groups excluding carboxylic acids is 1. The second kappa shape index (κ2) is 8.06. The van der Waals surface area contributed by atoms with Crippen LogP contribution in [-0.4, -0.2) is 53.2 Å². The molecule has 8 heteroatoms. The summed E-state index contributed by atoms with van der Waals surface area (Å²) in [5.74, 6) is -0.193. The zero-order chi connectivity index (χ0) is 17.6. The molecule has 0 radical (unpaired) electrons. The van der Waals surface area contributed by atoms with Crippen molar-refractivity contribution in [3.05, 3.63) is 29.8 Å². The molecule has 1 aliphatic heterocycles. The lowest BCUT2D eigenvalue weighted by Crippen LogP contribution is -2.54. The van der Waals surface area contributed by atoms with E-state index < -0.39 is 15.6 Å². The fourth-order valence-electron chi connectivity index (χ4n) is 2.68. The Morgan fingerprint density at radius 1 is 1.21 bits per heavy atom. The highest BCUT2D eigenvalue weighted by Gasteiger charge is 2.39. The third-order valence-electron chi connectivity index (χ3n) is 4.25. The Morgan fingerprint density at radius 2 is 1.83 bits per heavy atom. The van der Waals surface area contributed by atoms with Gasteiger partial charge in [0.2, 0.25) is 10.0 Å². The van der Waals surface area contributed by atoms with Gasteiger partial charge in [-0.3, -0.25) is 4.79 Å². The molecule has 1 aromatic rings. The van der Waals surface area contributed by atoms with Crippen LogP contribution in [0, 0.1) is 6.92 Å². The van der Waals surface area contributed by atoms with E-state index in [-0.39, 0.29) is 23.9 Å². The highest BCUT2D eigenvalue weighted by molar-refractivity contribution is 7.89. The standard InChI is InChI=1S/C16H25N3O4S/c1-13-3-5-14(6-4-13)24(21,22)19-12-11-18-15(20)16(23-2)7-9-17-10-8-16/h3-6,17,19H,7-12H2,1-2H3,(H,18,20). The lowest BCUT2D eigenvalue weighted by atomic mass is 9.91. The molecular formula is C16H25N3O4S. The third-order valence-corrected chi connectivity index (χ3v) is 5.73. The Bertz CT molecular complexity index is 652. The third kappa shape index (κ3) is 4.54. The van der Waals surface area contributed by atoms with Crippen molar-refractivity contribution in [2.24, 2.45) is 0 Å². The normalized spacial score (nSPS) is 17.4. The molecular weight excluding hydrogens is 330 g/mol. The van der Waals surface area contributed by atoms with Crippen LogP contribution in [-0.2, 0) is 19.6 Å². The summed E-state index contributed by atoms with van der Waals surface area (Å²) < 4.78 is 32.2. The number of nitrogens with one attached hydrogen (secondary N) is 3. The van der Waals surface area contributed by atoms with E-state index >= 15 is 0 Å². The van der Waals surface area contributed by atoms with Crippen molar-refractivity contribution in [1.82, 2.24) is 15.4 Å². The van der Waals surface area contributed by atoms with E-state index in [0.717, 1.165) is 18.7 Å². The first kappa shape index (κ1) is 18.9. The molecule has 7 nitrogen and oxygen atoms in total. The number of amides is 1. The van der Waals surface area contributed by atoms with Crippen LogP contribution in [0.15, 0.2) is 29.2 Å². The van der Waals surface area contributed by atoms with Crippen LogP contribution >= 0.6 is 0 Å². The predicted octanol–water partition coefficient (Wildman–Crippen LogP) is 0.158. The van der Waals surface area contributed by atoms with Crippen LogP contribution in [0.3, 0.4) is 0 Å². The van der Waals surface area contributed by atoms with E-state index in [1.54, 1.807) is 24.3 Å². The maximum absolute atomic E-state index is 12.3. The summed E-state index contributed by atoms with van der Waals surface area (Å²) in [5, 5.41) is 5.94. The Kier molecular flexibility index (Phi) is 6.34. The van der Waals surface area contributed by atoms with Gasteiger partial charge in [0.15, 0.2) is 0 Å². The minimum Gasteiger partial charge on any atom is -0.368 e. The van der Waals surface area contributed by atoms with E-state index in [9.17, 15) is 13.2 Å². The summed E-state index contributed by atoms with van der Waals surface area (Å²) in [6.07, 6.45) is 1.20. The fraction of sp³-hybridized carbons (Fsp3) is 0.562. The second-order valence-electron chi connectivity index (χ2n) is 5.92. The Labute approximate surface area is 143 Å². The molecule has 0 atom stereocenters. The first-order chi connectivity index (χ1) is 11.4. The summed E-state index contributed by atoms with van der Waals surface area (Å²) in [6.45, 7) is 3.68. The number of benzene rings is 1. The van der Waals surface area contributed by atoms with Crippen LogP contribution < -0.4 is 15.4 Å². The molecule has 0 unspecified atom stereocenters. The van der Waals surface area contributed by atoms with Crippen molar-refractivity contribution in [3.63, 3.8) is 0 Å². The van der Waals surface area contributed by atoms with Gasteiger partial charge in [0.05, 0.1) is 4.90 Å². The van der Waals surface area contributed by atoms with Gasteiger partial charge >= 0.3 is 0 Å². The average Bonchev–Trinajstić information content (AvgIpc) is 2.59. The molecule has 24 heavy (non-hydrogen) atoms. The van der Waals surface area contributed by atoms with E-state index in [2.05, 4.69) is 15.4 Å². The molecule has 0 spiro atoms. The lowest BCUT2D eigenvalue weighted by molar-refractivity contribution is -0.146. The lowest BCUT2D eigenvalue weighted by Gasteiger charge is -2.34. The van der Waals surface area contributed by atoms with Gasteiger partial charge in [-0.25, -0.2) is 13.1 Å². The number of methoxy groups -OCH3 is 1. The number of carbonyl (C=O) groups is 1. The molecule has 1 amide bonds. The van der Waals surface area contributed by atoms with Crippen LogP contribution in [0.5, 0.6) is 0 Å². The molecule has 1 aromatic carbocycles. The maximum atomic E-state index is 12.3. The average molecular weight is 355 g/mol. The van der Waals surface area contributed by atoms with Gasteiger partial charge < -0.3 is 15.4 Å². The van der Waals surface area contributed by atoms with Crippen LogP contribution in [0.2, 0.25) is 0 Å². The minimum absolute atomic E-state index is 0.125. The highest BCUT2D eigenvalue weighted by Crippen LogP contribution is 2.22. The molecule has 1 saturated heterocycles. The number of hydrogen-bond donors (Lipinski definition) is 3. The summed E-state index contributed by atoms with van der Waals surface area (Å²) in [6, 6.07) is 6.61. The zero-order valence-corrected chi connectivity index (χ0v) is 14.9. The predicted molar refractivity (Wildman–Crippen MR) is 91.2 cm³/mol. The van der Waals surface area contributed by atoms with Crippen molar-refractivity contribution in [3.8, 4) is 0 Å². The van der Waals surface area contributed by atoms with Crippen molar-refractivity contribution < 1.29 is 17.9 Å². The minimum atomic E-state index is -3.56. The highest BCUT2D eigenvalue weighted by atomic mass is 32.2. The molecule has 0 aromatic heterocycles. The zero-order valence-electron chi connectivity index (χ0n) is 14.1. The molecule has 0 bridgehead atoms. The van der Waals surface area contributed by atoms with Crippen molar-refractivity contribution in [2.45, 2.75) is 30.3 Å². The van der Waals surface area contributed by atoms with Crippen LogP contribution in [0.25, 0.3) is 0 Å². The molecule has 2 rings (SSSR count). The summed E-state index contributed by atoms with van der Waals surface area (Å²) in [5.41, 5.74) is 0.175. The Morgan fingerprint density at radius 3 is 2.42 bits per heavy atom. The van der Waals surface area contributed by atoms with E-state index in [1.807, 2.05) is 6.92 Å². The van der Waals surface area contributed by atoms with Gasteiger partial charge in [0, 0.05) is 20.2 Å². The number of ether oxygens (including phenoxy) is 1. The van der Waals surface area contributed by atoms with E-state index in [0.29, 0.717) is 12.8 Å². The molecule has 3 N–H and O–H groups in total. The van der Waals surface area contributed by atoms with Crippen molar-refractivity contribution >= 4 is 15.9 Å². The maximum Gasteiger partial charge on any atom is 0.252 e. The smallest absolute Gasteiger partial charge is 0.252 e. The fourth-order valence-corrected chi connectivity index (χ4v) is 3.71. The monoisotopic (exact) mass is 355 g/mol. The van der Waals surface area contributed by atoms with Crippen molar-refractivity contribution in [1.29, 1.82) is 0 Å². The second-order valence-corrected chi connectivity index (χ2v) is 7.68. The van der Waals surface area contributed by atoms with Crippen molar-refractivity contribution in [2.75, 3.05) is 33.3 Å². The summed E-state index contributed by atoms with van der Waals surface area (Å²) in [7, 11) is -2.03. The number of rotatable bonds is 7. The summed E-state index contributed by atoms with van der Waals surface area (Å²) >= 11 is 0. The SMILES string of the molecule is COC1(C(=O)NCCNS(=O)(=O)c2ccc(C)cc2)CCNCC1. The molecule has 0 aliphatic carbocycles. The largest absolute Gasteiger partial charge is 0.368 e. The molecule has 1 heterocycles. The van der Waals surface area contributed by atoms with Gasteiger partial charge in [0.1, 0.15) is 5.60 Å². The van der Waals surface area contributed by atoms with Crippen LogP contribution in [0.1, 0.15) is 18.4 Å². The molecule has 0 saturated carbocycles. The molecule has 1 aliphatic rings. The first-order valence-electron chi connectivity index (χ1n) is 8.00. The van der Waals surface area contributed by atoms with E-state index in [1.165, 1.54) is 7.11 Å². The molecule has 1 fully saturated rings. The first-order valence-corrected chi connectivity index (χ1v) is 9.48. The Hall–Kier alpha value is -1.48. The Balaban J connectivity index is 1.83. The number of aryl methyl sites for hydroxylation is 1. The van der Waals surface area contributed by atoms with Gasteiger partial charge in [0.25, 0.3) is 5.91 Å². The quantitative estimate of drug-likeness (QED) is 0.606. The van der Waals surface area contributed by atoms with Gasteiger partial charge in [-0.05, 0) is 45.0 Å². The number of hydrogen-bond acceptors (Lipinski definition) is 5. The van der Waals surface area contributed by atoms with Gasteiger partial charge in [-0.1, -0.05) is 17.7 Å². The van der Waals surface area contributed by atoms with Gasteiger partial charge in [-0.15, -0.1) is 0 Å². The molecule has 134 valence electrons. The van der Waals surface area contributed by atoms with E-state index in [4.69, 9.17) is 4.74 Å². The topological polar surface area (TPSA) is 96.5 Å². The van der Waals surface area contributed by atoms with Gasteiger partial charge in [-0.2, -0.15) is 0 Å². The summed E-state index contributed by atoms with van der Waals surface area (Å²) in [4.78, 5) is 12.6. The number of sulfonamides is 1. The van der Waals surface area contributed by atoms with Crippen LogP contribution in [0.4, 0.5) is 0 Å². The number of piperidine rings is 1.